The first-order valence-corrected chi connectivity index (χ1v) is 7.54. The van der Waals surface area contributed by atoms with E-state index < -0.39 is 0 Å². The smallest absolute Gasteiger partial charge is 0.190 e. The van der Waals surface area contributed by atoms with Gasteiger partial charge in [0.05, 0.1) is 16.3 Å². The summed E-state index contributed by atoms with van der Waals surface area (Å²) in [6.45, 7) is 1.61. The maximum Gasteiger partial charge on any atom is 0.190 e. The van der Waals surface area contributed by atoms with Crippen LogP contribution in [0, 0.1) is 0 Å². The number of anilines is 1. The molecule has 1 aliphatic rings. The molecule has 2 heterocycles. The molecule has 0 radical (unpaired) electrons. The lowest BCUT2D eigenvalue weighted by atomic mass is 10.1. The number of para-hydroxylation sites is 1. The minimum absolute atomic E-state index is 0.179. The molecular formula is C13H15N3OS2. The average molecular weight is 293 g/mol. The van der Waals surface area contributed by atoms with E-state index in [1.165, 1.54) is 0 Å². The summed E-state index contributed by atoms with van der Waals surface area (Å²) in [7, 11) is 0. The molecule has 2 aromatic rings. The second-order valence-electron chi connectivity index (χ2n) is 4.64. The molecule has 0 atom stereocenters. The van der Waals surface area contributed by atoms with Crippen LogP contribution >= 0.6 is 23.6 Å². The maximum atomic E-state index is 9.49. The van der Waals surface area contributed by atoms with Gasteiger partial charge in [0.1, 0.15) is 0 Å². The van der Waals surface area contributed by atoms with Crippen LogP contribution in [-0.2, 0) is 0 Å². The van der Waals surface area contributed by atoms with Crippen molar-refractivity contribution in [1.29, 1.82) is 0 Å². The molecule has 0 spiro atoms. The molecule has 1 aromatic carbocycles. The van der Waals surface area contributed by atoms with Crippen LogP contribution in [0.2, 0.25) is 0 Å². The molecule has 6 heteroatoms. The van der Waals surface area contributed by atoms with Crippen molar-refractivity contribution in [2.45, 2.75) is 18.9 Å². The molecule has 1 fully saturated rings. The number of aliphatic hydroxyl groups is 1. The Morgan fingerprint density at radius 2 is 2.11 bits per heavy atom. The number of piperidine rings is 1. The number of rotatable bonds is 1. The van der Waals surface area contributed by atoms with E-state index in [1.807, 2.05) is 18.2 Å². The van der Waals surface area contributed by atoms with Gasteiger partial charge in [0.2, 0.25) is 0 Å². The molecule has 1 aromatic heterocycles. The SMILES string of the molecule is OC1CCN(C(=S)Nc2nc3ccccc3s2)CC1. The van der Waals surface area contributed by atoms with Gasteiger partial charge in [-0.15, -0.1) is 0 Å². The van der Waals surface area contributed by atoms with E-state index in [0.717, 1.165) is 41.3 Å². The van der Waals surface area contributed by atoms with E-state index in [4.69, 9.17) is 12.2 Å². The molecular weight excluding hydrogens is 278 g/mol. The molecule has 0 unspecified atom stereocenters. The Labute approximate surface area is 121 Å². The van der Waals surface area contributed by atoms with Crippen molar-refractivity contribution in [2.75, 3.05) is 18.4 Å². The average Bonchev–Trinajstić information content (AvgIpc) is 2.81. The van der Waals surface area contributed by atoms with Crippen LogP contribution in [-0.4, -0.2) is 39.3 Å². The minimum Gasteiger partial charge on any atom is -0.393 e. The Kier molecular flexibility index (Phi) is 3.63. The molecule has 100 valence electrons. The van der Waals surface area contributed by atoms with E-state index in [2.05, 4.69) is 21.3 Å². The highest BCUT2D eigenvalue weighted by Crippen LogP contribution is 2.25. The number of hydrogen-bond acceptors (Lipinski definition) is 4. The number of aromatic nitrogens is 1. The predicted octanol–water partition coefficient (Wildman–Crippen LogP) is 2.45. The zero-order valence-electron chi connectivity index (χ0n) is 10.4. The fraction of sp³-hybridized carbons (Fsp3) is 0.385. The number of aliphatic hydroxyl groups excluding tert-OH is 1. The Morgan fingerprint density at radius 3 is 2.84 bits per heavy atom. The molecule has 0 amide bonds. The second-order valence-corrected chi connectivity index (χ2v) is 6.05. The van der Waals surface area contributed by atoms with Gasteiger partial charge in [0.15, 0.2) is 10.2 Å². The zero-order valence-corrected chi connectivity index (χ0v) is 12.0. The van der Waals surface area contributed by atoms with Crippen molar-refractivity contribution in [2.24, 2.45) is 0 Å². The first-order chi connectivity index (χ1) is 9.22. The second kappa shape index (κ2) is 5.40. The van der Waals surface area contributed by atoms with Gasteiger partial charge in [0.25, 0.3) is 0 Å². The number of thiazole rings is 1. The van der Waals surface area contributed by atoms with Gasteiger partial charge in [-0.05, 0) is 37.2 Å². The minimum atomic E-state index is -0.179. The number of likely N-dealkylation sites (tertiary alicyclic amines) is 1. The third-order valence-corrected chi connectivity index (χ3v) is 4.57. The topological polar surface area (TPSA) is 48.4 Å². The standard InChI is InChI=1S/C13H15N3OS2/c17-9-5-7-16(8-6-9)13(18)15-12-14-10-3-1-2-4-11(10)19-12/h1-4,9,17H,5-8H2,(H,14,15,18). The Morgan fingerprint density at radius 1 is 1.37 bits per heavy atom. The molecule has 19 heavy (non-hydrogen) atoms. The molecule has 4 nitrogen and oxygen atoms in total. The molecule has 0 aliphatic carbocycles. The molecule has 3 rings (SSSR count). The van der Waals surface area contributed by atoms with Crippen LogP contribution in [0.25, 0.3) is 10.2 Å². The van der Waals surface area contributed by atoms with Crippen LogP contribution in [0.15, 0.2) is 24.3 Å². The van der Waals surface area contributed by atoms with Crippen molar-refractivity contribution in [3.05, 3.63) is 24.3 Å². The Balaban J connectivity index is 1.68. The van der Waals surface area contributed by atoms with Crippen LogP contribution in [0.4, 0.5) is 5.13 Å². The summed E-state index contributed by atoms with van der Waals surface area (Å²) in [4.78, 5) is 6.60. The van der Waals surface area contributed by atoms with Gasteiger partial charge >= 0.3 is 0 Å². The number of nitrogens with one attached hydrogen (secondary N) is 1. The van der Waals surface area contributed by atoms with Crippen molar-refractivity contribution >= 4 is 44.0 Å². The van der Waals surface area contributed by atoms with Gasteiger partial charge in [-0.3, -0.25) is 0 Å². The van der Waals surface area contributed by atoms with Crippen LogP contribution in [0.1, 0.15) is 12.8 Å². The lowest BCUT2D eigenvalue weighted by molar-refractivity contribution is 0.110. The lowest BCUT2D eigenvalue weighted by Crippen LogP contribution is -2.42. The molecule has 0 saturated carbocycles. The number of benzene rings is 1. The van der Waals surface area contributed by atoms with Crippen LogP contribution < -0.4 is 5.32 Å². The Hall–Kier alpha value is -1.24. The van der Waals surface area contributed by atoms with E-state index in [1.54, 1.807) is 11.3 Å². The summed E-state index contributed by atoms with van der Waals surface area (Å²) in [5.74, 6) is 0. The van der Waals surface area contributed by atoms with Crippen molar-refractivity contribution in [3.63, 3.8) is 0 Å². The molecule has 2 N–H and O–H groups in total. The van der Waals surface area contributed by atoms with E-state index >= 15 is 0 Å². The summed E-state index contributed by atoms with van der Waals surface area (Å²) in [6.07, 6.45) is 1.38. The molecule has 1 saturated heterocycles. The predicted molar refractivity (Wildman–Crippen MR) is 82.7 cm³/mol. The number of hydrogen-bond donors (Lipinski definition) is 2. The highest BCUT2D eigenvalue weighted by Gasteiger charge is 2.19. The molecule has 1 aliphatic heterocycles. The van der Waals surface area contributed by atoms with Crippen LogP contribution in [0.3, 0.4) is 0 Å². The lowest BCUT2D eigenvalue weighted by Gasteiger charge is -2.31. The molecule has 0 bridgehead atoms. The normalized spacial score (nSPS) is 16.8. The van der Waals surface area contributed by atoms with Gasteiger partial charge in [-0.2, -0.15) is 0 Å². The fourth-order valence-corrected chi connectivity index (χ4v) is 3.37. The summed E-state index contributed by atoms with van der Waals surface area (Å²) < 4.78 is 1.15. The quantitative estimate of drug-likeness (QED) is 0.791. The van der Waals surface area contributed by atoms with Crippen molar-refractivity contribution in [3.8, 4) is 0 Å². The first kappa shape index (κ1) is 12.8. The summed E-state index contributed by atoms with van der Waals surface area (Å²) in [5.41, 5.74) is 0.992. The van der Waals surface area contributed by atoms with Gasteiger partial charge < -0.3 is 15.3 Å². The summed E-state index contributed by atoms with van der Waals surface area (Å²) >= 11 is 7.00. The highest BCUT2D eigenvalue weighted by atomic mass is 32.1. The van der Waals surface area contributed by atoms with Crippen LogP contribution in [0.5, 0.6) is 0 Å². The Bertz CT molecular complexity index is 557. The monoisotopic (exact) mass is 293 g/mol. The number of nitrogens with zero attached hydrogens (tertiary/aromatic N) is 2. The first-order valence-electron chi connectivity index (χ1n) is 6.32. The van der Waals surface area contributed by atoms with E-state index in [0.29, 0.717) is 5.11 Å². The van der Waals surface area contributed by atoms with Gasteiger partial charge in [-0.1, -0.05) is 23.5 Å². The van der Waals surface area contributed by atoms with Gasteiger partial charge in [-0.25, -0.2) is 4.98 Å². The third-order valence-electron chi connectivity index (χ3n) is 3.26. The highest BCUT2D eigenvalue weighted by molar-refractivity contribution is 7.80. The third kappa shape index (κ3) is 2.86. The zero-order chi connectivity index (χ0) is 13.2. The maximum absolute atomic E-state index is 9.49. The number of thiocarbonyl (C=S) groups is 1. The van der Waals surface area contributed by atoms with Gasteiger partial charge in [0, 0.05) is 13.1 Å². The number of fused-ring (bicyclic) bond motifs is 1. The van der Waals surface area contributed by atoms with Crippen molar-refractivity contribution < 1.29 is 5.11 Å². The summed E-state index contributed by atoms with van der Waals surface area (Å²) in [6, 6.07) is 8.04. The summed E-state index contributed by atoms with van der Waals surface area (Å²) in [5, 5.41) is 14.2. The largest absolute Gasteiger partial charge is 0.393 e. The fourth-order valence-electron chi connectivity index (χ4n) is 2.17. The van der Waals surface area contributed by atoms with E-state index in [-0.39, 0.29) is 6.10 Å². The van der Waals surface area contributed by atoms with E-state index in [9.17, 15) is 5.11 Å². The van der Waals surface area contributed by atoms with Crippen molar-refractivity contribution in [1.82, 2.24) is 9.88 Å².